The molecule has 0 aromatic heterocycles. The second-order valence-corrected chi connectivity index (χ2v) is 8.64. The molecule has 1 saturated heterocycles. The summed E-state index contributed by atoms with van der Waals surface area (Å²) in [6.45, 7) is 1.29. The Morgan fingerprint density at radius 3 is 2.38 bits per heavy atom. The van der Waals surface area contributed by atoms with Gasteiger partial charge in [0.05, 0.1) is 16.0 Å². The highest BCUT2D eigenvalue weighted by Gasteiger charge is 2.62. The van der Waals surface area contributed by atoms with Gasteiger partial charge >= 0.3 is 0 Å². The number of hydrogen-bond donors (Lipinski definition) is 0. The number of sulfone groups is 1. The number of nitrogens with zero attached hydrogens (tertiary/aromatic N) is 1. The fraction of sp³-hybridized carbons (Fsp3) is 0.533. The molecule has 1 aliphatic heterocycles. The van der Waals surface area contributed by atoms with E-state index in [0.717, 1.165) is 12.8 Å². The molecule has 1 aliphatic carbocycles. The molecular weight excluding hydrogens is 310 g/mol. The van der Waals surface area contributed by atoms with E-state index < -0.39 is 14.6 Å². The van der Waals surface area contributed by atoms with Gasteiger partial charge in [0.1, 0.15) is 0 Å². The van der Waals surface area contributed by atoms with Crippen LogP contribution in [0.3, 0.4) is 0 Å². The first kappa shape index (κ1) is 14.8. The van der Waals surface area contributed by atoms with Crippen molar-refractivity contribution in [3.63, 3.8) is 0 Å². The minimum absolute atomic E-state index is 0.0533. The minimum atomic E-state index is -3.75. The van der Waals surface area contributed by atoms with Crippen LogP contribution in [0.5, 0.6) is 0 Å². The molecule has 3 rings (SSSR count). The molecule has 0 N–H and O–H groups in total. The van der Waals surface area contributed by atoms with Crippen LogP contribution in [0.1, 0.15) is 25.7 Å². The largest absolute Gasteiger partial charge is 0.381 e. The lowest BCUT2D eigenvalue weighted by Crippen LogP contribution is -2.57. The summed E-state index contributed by atoms with van der Waals surface area (Å²) < 4.78 is 29.8. The molecule has 4 nitrogen and oxygen atoms in total. The molecule has 112 valence electrons. The number of halogens is 1. The molecule has 0 unspecified atom stereocenters. The summed E-state index contributed by atoms with van der Waals surface area (Å²) >= 11 is 6.02. The van der Waals surface area contributed by atoms with E-state index in [-0.39, 0.29) is 15.3 Å². The Bertz CT molecular complexity index is 694. The molecule has 21 heavy (non-hydrogen) atoms. The average molecular weight is 326 g/mol. The smallest absolute Gasteiger partial charge is 0.198 e. The van der Waals surface area contributed by atoms with Gasteiger partial charge in [-0.15, -0.1) is 0 Å². The number of ether oxygens (including phenoxy) is 1. The number of nitriles is 1. The van der Waals surface area contributed by atoms with Crippen molar-refractivity contribution in [2.45, 2.75) is 35.3 Å². The van der Waals surface area contributed by atoms with Crippen LogP contribution in [0, 0.1) is 16.7 Å². The molecule has 0 atom stereocenters. The quantitative estimate of drug-likeness (QED) is 0.838. The third-order valence-corrected chi connectivity index (χ3v) is 7.50. The predicted octanol–water partition coefficient (Wildman–Crippen LogP) is 2.97. The highest BCUT2D eigenvalue weighted by Crippen LogP contribution is 2.59. The van der Waals surface area contributed by atoms with E-state index in [2.05, 4.69) is 6.07 Å². The van der Waals surface area contributed by atoms with E-state index in [4.69, 9.17) is 16.3 Å². The number of benzene rings is 1. The van der Waals surface area contributed by atoms with Gasteiger partial charge in [-0.2, -0.15) is 5.26 Å². The minimum Gasteiger partial charge on any atom is -0.381 e. The zero-order valence-corrected chi connectivity index (χ0v) is 13.1. The molecule has 1 saturated carbocycles. The Kier molecular flexibility index (Phi) is 3.52. The van der Waals surface area contributed by atoms with Crippen LogP contribution >= 0.6 is 11.6 Å². The van der Waals surface area contributed by atoms with E-state index >= 15 is 0 Å². The lowest BCUT2D eigenvalue weighted by molar-refractivity contribution is -0.0382. The van der Waals surface area contributed by atoms with Crippen molar-refractivity contribution in [2.24, 2.45) is 5.41 Å². The lowest BCUT2D eigenvalue weighted by atomic mass is 9.58. The van der Waals surface area contributed by atoms with E-state index in [1.807, 2.05) is 0 Å². The first-order chi connectivity index (χ1) is 9.95. The predicted molar refractivity (Wildman–Crippen MR) is 78.7 cm³/mol. The average Bonchev–Trinajstić information content (AvgIpc) is 2.45. The molecule has 1 spiro atoms. The van der Waals surface area contributed by atoms with Crippen molar-refractivity contribution < 1.29 is 13.2 Å². The number of hydrogen-bond acceptors (Lipinski definition) is 4. The lowest BCUT2D eigenvalue weighted by Gasteiger charge is -2.53. The van der Waals surface area contributed by atoms with Crippen molar-refractivity contribution in [1.82, 2.24) is 0 Å². The fourth-order valence-electron chi connectivity index (χ4n) is 3.52. The molecule has 1 aromatic rings. The third kappa shape index (κ3) is 2.17. The fourth-order valence-corrected chi connectivity index (χ4v) is 6.08. The SMILES string of the molecule is N#CC1(S(=O)(=O)c2ccccc2Cl)CC2(CCOCC2)C1. The Morgan fingerprint density at radius 1 is 1.19 bits per heavy atom. The van der Waals surface area contributed by atoms with E-state index in [9.17, 15) is 13.7 Å². The Labute approximate surface area is 129 Å². The van der Waals surface area contributed by atoms with Crippen LogP contribution in [-0.4, -0.2) is 26.4 Å². The van der Waals surface area contributed by atoms with Gasteiger partial charge in [0.15, 0.2) is 14.6 Å². The van der Waals surface area contributed by atoms with Crippen molar-refractivity contribution >= 4 is 21.4 Å². The van der Waals surface area contributed by atoms with E-state index in [1.165, 1.54) is 6.07 Å². The van der Waals surface area contributed by atoms with Gasteiger partial charge in [-0.05, 0) is 43.2 Å². The van der Waals surface area contributed by atoms with Crippen molar-refractivity contribution in [1.29, 1.82) is 5.26 Å². The van der Waals surface area contributed by atoms with Crippen LogP contribution in [0.4, 0.5) is 0 Å². The first-order valence-corrected chi connectivity index (χ1v) is 8.79. The second kappa shape index (κ2) is 4.98. The van der Waals surface area contributed by atoms with Crippen molar-refractivity contribution in [3.8, 4) is 6.07 Å². The van der Waals surface area contributed by atoms with Gasteiger partial charge in [0.25, 0.3) is 0 Å². The van der Waals surface area contributed by atoms with Crippen LogP contribution in [0.25, 0.3) is 0 Å². The summed E-state index contributed by atoms with van der Waals surface area (Å²) in [5.74, 6) is 0. The highest BCUT2D eigenvalue weighted by molar-refractivity contribution is 7.93. The van der Waals surface area contributed by atoms with Crippen molar-refractivity contribution in [2.75, 3.05) is 13.2 Å². The number of rotatable bonds is 2. The monoisotopic (exact) mass is 325 g/mol. The molecule has 2 aliphatic rings. The summed E-state index contributed by atoms with van der Waals surface area (Å²) in [7, 11) is -3.75. The van der Waals surface area contributed by atoms with Gasteiger partial charge in [-0.1, -0.05) is 23.7 Å². The Morgan fingerprint density at radius 2 is 1.81 bits per heavy atom. The molecule has 2 fully saturated rings. The van der Waals surface area contributed by atoms with Gasteiger partial charge in [-0.3, -0.25) is 0 Å². The Hall–Kier alpha value is -1.09. The maximum absolute atomic E-state index is 12.9. The molecule has 0 bridgehead atoms. The van der Waals surface area contributed by atoms with Crippen LogP contribution in [0.15, 0.2) is 29.2 Å². The first-order valence-electron chi connectivity index (χ1n) is 6.93. The molecular formula is C15H16ClNO3S. The van der Waals surface area contributed by atoms with E-state index in [0.29, 0.717) is 26.1 Å². The third-order valence-electron chi connectivity index (χ3n) is 4.72. The van der Waals surface area contributed by atoms with E-state index in [1.54, 1.807) is 18.2 Å². The normalized spacial score (nSPS) is 23.2. The highest BCUT2D eigenvalue weighted by atomic mass is 35.5. The summed E-state index contributed by atoms with van der Waals surface area (Å²) in [5.41, 5.74) is -0.0533. The van der Waals surface area contributed by atoms with Crippen LogP contribution in [0.2, 0.25) is 5.02 Å². The van der Waals surface area contributed by atoms with Gasteiger partial charge in [0.2, 0.25) is 0 Å². The summed E-state index contributed by atoms with van der Waals surface area (Å²) in [4.78, 5) is 0.0649. The Balaban J connectivity index is 1.95. The zero-order valence-electron chi connectivity index (χ0n) is 11.5. The zero-order chi connectivity index (χ0) is 15.1. The summed E-state index contributed by atoms with van der Waals surface area (Å²) in [5, 5.41) is 9.72. The topological polar surface area (TPSA) is 67.2 Å². The van der Waals surface area contributed by atoms with Crippen LogP contribution < -0.4 is 0 Å². The summed E-state index contributed by atoms with van der Waals surface area (Å²) in [6, 6.07) is 8.40. The standard InChI is InChI=1S/C15H16ClNO3S/c16-12-3-1-2-4-13(12)21(18,19)15(11-17)9-14(10-15)5-7-20-8-6-14/h1-4H,5-10H2. The van der Waals surface area contributed by atoms with Gasteiger partial charge in [0, 0.05) is 13.2 Å². The molecule has 0 radical (unpaired) electrons. The van der Waals surface area contributed by atoms with Crippen LogP contribution in [-0.2, 0) is 14.6 Å². The van der Waals surface area contributed by atoms with Crippen molar-refractivity contribution in [3.05, 3.63) is 29.3 Å². The van der Waals surface area contributed by atoms with Gasteiger partial charge < -0.3 is 4.74 Å². The molecule has 6 heteroatoms. The maximum atomic E-state index is 12.9. The molecule has 0 amide bonds. The maximum Gasteiger partial charge on any atom is 0.198 e. The molecule has 1 aromatic carbocycles. The molecule has 1 heterocycles. The summed E-state index contributed by atoms with van der Waals surface area (Å²) in [6.07, 6.45) is 2.42. The second-order valence-electron chi connectivity index (χ2n) is 6.01. The van der Waals surface area contributed by atoms with Gasteiger partial charge in [-0.25, -0.2) is 8.42 Å².